The molecule has 1 fully saturated rings. The van der Waals surface area contributed by atoms with Crippen LogP contribution in [0.5, 0.6) is 0 Å². The maximum atomic E-state index is 11.7. The van der Waals surface area contributed by atoms with Crippen LogP contribution >= 0.6 is 7.60 Å². The maximum absolute atomic E-state index is 11.7. The molecule has 0 radical (unpaired) electrons. The maximum Gasteiger partial charge on any atom is 0.330 e. The number of aromatic amines is 1. The van der Waals surface area contributed by atoms with Crippen molar-refractivity contribution >= 4 is 24.7 Å². The van der Waals surface area contributed by atoms with Crippen molar-refractivity contribution in [1.82, 2.24) is 19.5 Å². The van der Waals surface area contributed by atoms with Crippen molar-refractivity contribution in [3.8, 4) is 0 Å². The third-order valence-corrected chi connectivity index (χ3v) is 3.66. The molecular formula is C9H12N5O6P. The van der Waals surface area contributed by atoms with Gasteiger partial charge in [0.2, 0.25) is 5.95 Å². The van der Waals surface area contributed by atoms with Crippen LogP contribution in [0.2, 0.25) is 0 Å². The van der Waals surface area contributed by atoms with Gasteiger partial charge in [-0.2, -0.15) is 4.98 Å². The molecule has 2 aromatic heterocycles. The summed E-state index contributed by atoms with van der Waals surface area (Å²) in [4.78, 5) is 39.7. The number of rotatable bonds is 3. The van der Waals surface area contributed by atoms with Crippen molar-refractivity contribution in [2.45, 2.75) is 12.5 Å². The van der Waals surface area contributed by atoms with Crippen LogP contribution in [0.15, 0.2) is 11.1 Å². The lowest BCUT2D eigenvalue weighted by Gasteiger charge is -2.13. The molecule has 1 aliphatic heterocycles. The second-order valence-corrected chi connectivity index (χ2v) is 6.17. The Labute approximate surface area is 116 Å². The SMILES string of the molecule is Nc1nc2c(ncn2[C@H]2CO[C@H](CP(=O)(O)O)O2)c(=O)[nH]1. The van der Waals surface area contributed by atoms with Gasteiger partial charge < -0.3 is 25.0 Å². The molecule has 0 unspecified atom stereocenters. The van der Waals surface area contributed by atoms with Crippen molar-refractivity contribution in [1.29, 1.82) is 0 Å². The largest absolute Gasteiger partial charge is 0.369 e. The van der Waals surface area contributed by atoms with Crippen LogP contribution in [0, 0.1) is 0 Å². The molecule has 5 N–H and O–H groups in total. The van der Waals surface area contributed by atoms with Gasteiger partial charge in [-0.3, -0.25) is 18.9 Å². The number of nitrogens with two attached hydrogens (primary N) is 1. The van der Waals surface area contributed by atoms with Gasteiger partial charge in [0.25, 0.3) is 5.56 Å². The van der Waals surface area contributed by atoms with E-state index in [9.17, 15) is 9.36 Å². The normalized spacial score (nSPS) is 23.0. The average Bonchev–Trinajstić information content (AvgIpc) is 2.93. The number of aromatic nitrogens is 4. The summed E-state index contributed by atoms with van der Waals surface area (Å²) in [6.45, 7) is 0.0461. The summed E-state index contributed by atoms with van der Waals surface area (Å²) in [6, 6.07) is 0. The number of ether oxygens (including phenoxy) is 2. The zero-order valence-electron chi connectivity index (χ0n) is 10.5. The van der Waals surface area contributed by atoms with Gasteiger partial charge in [-0.15, -0.1) is 0 Å². The van der Waals surface area contributed by atoms with Gasteiger partial charge in [-0.25, -0.2) is 4.98 Å². The highest BCUT2D eigenvalue weighted by atomic mass is 31.2. The van der Waals surface area contributed by atoms with Crippen LogP contribution in [0.25, 0.3) is 11.2 Å². The Morgan fingerprint density at radius 3 is 3.05 bits per heavy atom. The molecule has 2 aromatic rings. The summed E-state index contributed by atoms with van der Waals surface area (Å²) < 4.78 is 22.9. The van der Waals surface area contributed by atoms with E-state index < -0.39 is 31.8 Å². The summed E-state index contributed by atoms with van der Waals surface area (Å²) >= 11 is 0. The summed E-state index contributed by atoms with van der Waals surface area (Å²) in [6.07, 6.45) is -0.945. The lowest BCUT2D eigenvalue weighted by atomic mass is 10.5. The highest BCUT2D eigenvalue weighted by Gasteiger charge is 2.33. The molecule has 0 amide bonds. The topological polar surface area (TPSA) is 166 Å². The first-order chi connectivity index (χ1) is 9.83. The van der Waals surface area contributed by atoms with Crippen LogP contribution in [-0.2, 0) is 14.0 Å². The van der Waals surface area contributed by atoms with Gasteiger partial charge in [0.05, 0.1) is 12.9 Å². The number of nitrogens with one attached hydrogen (secondary N) is 1. The van der Waals surface area contributed by atoms with E-state index >= 15 is 0 Å². The Bertz CT molecular complexity index is 781. The van der Waals surface area contributed by atoms with E-state index in [1.54, 1.807) is 0 Å². The van der Waals surface area contributed by atoms with E-state index in [-0.39, 0.29) is 23.7 Å². The Morgan fingerprint density at radius 1 is 1.57 bits per heavy atom. The fourth-order valence-corrected chi connectivity index (χ4v) is 2.61. The third-order valence-electron chi connectivity index (χ3n) is 2.88. The Morgan fingerprint density at radius 2 is 2.33 bits per heavy atom. The van der Waals surface area contributed by atoms with Crippen molar-refractivity contribution in [2.75, 3.05) is 18.5 Å². The fourth-order valence-electron chi connectivity index (χ4n) is 2.03. The average molecular weight is 317 g/mol. The van der Waals surface area contributed by atoms with Gasteiger partial charge in [0.1, 0.15) is 6.16 Å². The molecule has 0 aromatic carbocycles. The lowest BCUT2D eigenvalue weighted by molar-refractivity contribution is -0.0559. The van der Waals surface area contributed by atoms with E-state index in [1.165, 1.54) is 10.9 Å². The van der Waals surface area contributed by atoms with Gasteiger partial charge in [0, 0.05) is 0 Å². The first-order valence-corrected chi connectivity index (χ1v) is 7.67. The highest BCUT2D eigenvalue weighted by molar-refractivity contribution is 7.51. The van der Waals surface area contributed by atoms with Gasteiger partial charge >= 0.3 is 7.60 Å². The summed E-state index contributed by atoms with van der Waals surface area (Å²) in [5, 5.41) is 0. The molecule has 3 rings (SSSR count). The Hall–Kier alpha value is -1.78. The molecule has 21 heavy (non-hydrogen) atoms. The minimum absolute atomic E-state index is 0.0461. The van der Waals surface area contributed by atoms with Crippen molar-refractivity contribution < 1.29 is 23.8 Å². The summed E-state index contributed by atoms with van der Waals surface area (Å²) in [5.41, 5.74) is 5.29. The van der Waals surface area contributed by atoms with Crippen LogP contribution in [0.3, 0.4) is 0 Å². The molecule has 1 saturated heterocycles. The number of hydrogen-bond donors (Lipinski definition) is 4. The minimum atomic E-state index is -4.25. The van der Waals surface area contributed by atoms with Crippen LogP contribution in [-0.4, -0.2) is 48.4 Å². The molecule has 0 spiro atoms. The standard InChI is InChI=1S/C9H12N5O6P/c10-9-12-7-6(8(15)13-9)11-3-14(7)4-1-19-5(20-4)2-21(16,17)18/h3-5H,1-2H2,(H2,16,17,18)(H3,10,12,13,15)/t4-,5+/m1/s1. The monoisotopic (exact) mass is 317 g/mol. The first kappa shape index (κ1) is 14.2. The molecule has 11 nitrogen and oxygen atoms in total. The number of nitrogens with zero attached hydrogens (tertiary/aromatic N) is 3. The van der Waals surface area contributed by atoms with Crippen LogP contribution in [0.1, 0.15) is 6.23 Å². The Balaban J connectivity index is 1.89. The molecule has 0 bridgehead atoms. The smallest absolute Gasteiger partial charge is 0.330 e. The van der Waals surface area contributed by atoms with Crippen LogP contribution in [0.4, 0.5) is 5.95 Å². The predicted molar refractivity (Wildman–Crippen MR) is 69.3 cm³/mol. The molecule has 0 saturated carbocycles. The number of hydrogen-bond acceptors (Lipinski definition) is 7. The number of imidazole rings is 1. The number of anilines is 1. The third kappa shape index (κ3) is 2.82. The van der Waals surface area contributed by atoms with E-state index in [1.807, 2.05) is 0 Å². The second-order valence-electron chi connectivity index (χ2n) is 4.48. The van der Waals surface area contributed by atoms with E-state index in [2.05, 4.69) is 15.0 Å². The quantitative estimate of drug-likeness (QED) is 0.506. The van der Waals surface area contributed by atoms with Crippen molar-refractivity contribution in [2.24, 2.45) is 0 Å². The van der Waals surface area contributed by atoms with Crippen molar-refractivity contribution in [3.63, 3.8) is 0 Å². The molecule has 2 atom stereocenters. The van der Waals surface area contributed by atoms with Crippen LogP contribution < -0.4 is 11.3 Å². The predicted octanol–water partition coefficient (Wildman–Crippen LogP) is -1.25. The number of H-pyrrole nitrogens is 1. The first-order valence-electron chi connectivity index (χ1n) is 5.87. The number of fused-ring (bicyclic) bond motifs is 1. The molecule has 0 aliphatic carbocycles. The summed E-state index contributed by atoms with van der Waals surface area (Å²) in [5.74, 6) is -0.0695. The molecular weight excluding hydrogens is 305 g/mol. The molecule has 3 heterocycles. The fraction of sp³-hybridized carbons (Fsp3) is 0.444. The lowest BCUT2D eigenvalue weighted by Crippen LogP contribution is -2.17. The minimum Gasteiger partial charge on any atom is -0.369 e. The van der Waals surface area contributed by atoms with E-state index in [0.717, 1.165) is 0 Å². The molecule has 12 heteroatoms. The number of nitrogen functional groups attached to an aromatic ring is 1. The van der Waals surface area contributed by atoms with Gasteiger partial charge in [-0.05, 0) is 0 Å². The molecule has 1 aliphatic rings. The zero-order chi connectivity index (χ0) is 15.2. The van der Waals surface area contributed by atoms with E-state index in [4.69, 9.17) is 25.0 Å². The van der Waals surface area contributed by atoms with Crippen molar-refractivity contribution in [3.05, 3.63) is 16.7 Å². The van der Waals surface area contributed by atoms with Gasteiger partial charge in [0.15, 0.2) is 23.7 Å². The summed E-state index contributed by atoms with van der Waals surface area (Å²) in [7, 11) is -4.25. The van der Waals surface area contributed by atoms with E-state index in [0.29, 0.717) is 0 Å². The zero-order valence-corrected chi connectivity index (χ0v) is 11.4. The second kappa shape index (κ2) is 4.90. The Kier molecular flexibility index (Phi) is 3.30. The van der Waals surface area contributed by atoms with Gasteiger partial charge in [-0.1, -0.05) is 0 Å². The highest BCUT2D eigenvalue weighted by Crippen LogP contribution is 2.38. The molecule has 114 valence electrons.